The summed E-state index contributed by atoms with van der Waals surface area (Å²) in [5.41, 5.74) is 1.12. The maximum absolute atomic E-state index is 12.3. The van der Waals surface area contributed by atoms with Gasteiger partial charge in [0.1, 0.15) is 6.04 Å². The van der Waals surface area contributed by atoms with Crippen LogP contribution in [0.5, 0.6) is 0 Å². The number of carbonyl (C=O) groups is 1. The van der Waals surface area contributed by atoms with E-state index in [0.29, 0.717) is 0 Å². The predicted octanol–water partition coefficient (Wildman–Crippen LogP) is 1.87. The van der Waals surface area contributed by atoms with Crippen LogP contribution >= 0.6 is 0 Å². The third kappa shape index (κ3) is 2.67. The largest absolute Gasteiger partial charge is 0.391 e. The zero-order chi connectivity index (χ0) is 14.9. The van der Waals surface area contributed by atoms with Crippen LogP contribution in [0.3, 0.4) is 0 Å². The Bertz CT molecular complexity index is 616. The van der Waals surface area contributed by atoms with Crippen molar-refractivity contribution in [2.24, 2.45) is 0 Å². The average Bonchev–Trinajstić information content (AvgIpc) is 2.80. The summed E-state index contributed by atoms with van der Waals surface area (Å²) >= 11 is 0. The third-order valence-corrected chi connectivity index (χ3v) is 3.77. The topological polar surface area (TPSA) is 67.2 Å². The number of aromatic nitrogens is 2. The van der Waals surface area contributed by atoms with Gasteiger partial charge in [0.05, 0.1) is 29.0 Å². The molecule has 0 fully saturated rings. The number of nitrogens with zero attached hydrogens (tertiary/aromatic N) is 2. The number of hydrogen-bond acceptors (Lipinski definition) is 3. The Labute approximate surface area is 118 Å². The van der Waals surface area contributed by atoms with Gasteiger partial charge in [0, 0.05) is 0 Å². The highest BCUT2D eigenvalue weighted by atomic mass is 16.3. The number of rotatable bonds is 4. The van der Waals surface area contributed by atoms with Gasteiger partial charge in [-0.05, 0) is 39.8 Å². The van der Waals surface area contributed by atoms with Gasteiger partial charge in [-0.15, -0.1) is 0 Å². The molecule has 20 heavy (non-hydrogen) atoms. The zero-order valence-corrected chi connectivity index (χ0v) is 12.3. The number of hydrogen-bond donors (Lipinski definition) is 2. The lowest BCUT2D eigenvalue weighted by Gasteiger charge is -2.31. The van der Waals surface area contributed by atoms with Gasteiger partial charge in [0.2, 0.25) is 5.91 Å². The van der Waals surface area contributed by atoms with E-state index in [1.807, 2.05) is 35.8 Å². The van der Waals surface area contributed by atoms with Crippen molar-refractivity contribution >= 4 is 16.9 Å². The first-order valence-electron chi connectivity index (χ1n) is 6.74. The van der Waals surface area contributed by atoms with E-state index in [2.05, 4.69) is 10.3 Å². The lowest BCUT2D eigenvalue weighted by atomic mass is 9.98. The molecule has 0 aliphatic heterocycles. The van der Waals surface area contributed by atoms with E-state index in [-0.39, 0.29) is 11.9 Å². The molecule has 1 aromatic heterocycles. The van der Waals surface area contributed by atoms with Crippen molar-refractivity contribution < 1.29 is 9.90 Å². The van der Waals surface area contributed by atoms with E-state index in [9.17, 15) is 9.90 Å². The van der Waals surface area contributed by atoms with E-state index < -0.39 is 11.6 Å². The maximum Gasteiger partial charge on any atom is 0.243 e. The number of amides is 1. The molecule has 1 amide bonds. The normalized spacial score (nSPS) is 15.1. The second-order valence-electron chi connectivity index (χ2n) is 5.70. The van der Waals surface area contributed by atoms with Gasteiger partial charge < -0.3 is 15.0 Å². The summed E-state index contributed by atoms with van der Waals surface area (Å²) < 4.78 is 1.84. The number of benzene rings is 1. The quantitative estimate of drug-likeness (QED) is 0.895. The number of para-hydroxylation sites is 2. The molecular weight excluding hydrogens is 254 g/mol. The summed E-state index contributed by atoms with van der Waals surface area (Å²) in [5.74, 6) is -0.140. The fourth-order valence-corrected chi connectivity index (χ4v) is 1.94. The molecule has 5 heteroatoms. The van der Waals surface area contributed by atoms with Gasteiger partial charge in [0.25, 0.3) is 0 Å². The van der Waals surface area contributed by atoms with E-state index in [1.54, 1.807) is 27.1 Å². The Kier molecular flexibility index (Phi) is 3.81. The van der Waals surface area contributed by atoms with Crippen molar-refractivity contribution in [2.45, 2.75) is 45.4 Å². The summed E-state index contributed by atoms with van der Waals surface area (Å²) in [7, 11) is 0. The second kappa shape index (κ2) is 5.25. The Morgan fingerprint density at radius 1 is 1.35 bits per heavy atom. The lowest BCUT2D eigenvalue weighted by Crippen LogP contribution is -2.52. The van der Waals surface area contributed by atoms with Crippen LogP contribution in [0.25, 0.3) is 11.0 Å². The number of aliphatic hydroxyl groups excluding tert-OH is 1. The molecule has 108 valence electrons. The number of nitrogens with one attached hydrogen (secondary N) is 1. The first kappa shape index (κ1) is 14.5. The fourth-order valence-electron chi connectivity index (χ4n) is 1.94. The van der Waals surface area contributed by atoms with Crippen LogP contribution in [0.4, 0.5) is 0 Å². The van der Waals surface area contributed by atoms with Crippen LogP contribution in [-0.2, 0) is 4.79 Å². The summed E-state index contributed by atoms with van der Waals surface area (Å²) in [6.45, 7) is 7.09. The minimum atomic E-state index is -0.665. The summed E-state index contributed by atoms with van der Waals surface area (Å²) in [6.07, 6.45) is 1.04. The smallest absolute Gasteiger partial charge is 0.243 e. The molecule has 0 radical (unpaired) electrons. The number of aliphatic hydroxyl groups is 1. The molecule has 0 aliphatic rings. The molecule has 0 aliphatic carbocycles. The molecule has 5 nitrogen and oxygen atoms in total. The van der Waals surface area contributed by atoms with E-state index in [1.165, 1.54) is 0 Å². The highest BCUT2D eigenvalue weighted by Crippen LogP contribution is 2.18. The Balaban J connectivity index is 2.23. The van der Waals surface area contributed by atoms with Crippen molar-refractivity contribution in [1.29, 1.82) is 0 Å². The van der Waals surface area contributed by atoms with Crippen LogP contribution in [0.2, 0.25) is 0 Å². The Morgan fingerprint density at radius 2 is 2.00 bits per heavy atom. The molecule has 0 bridgehead atoms. The van der Waals surface area contributed by atoms with Gasteiger partial charge in [0.15, 0.2) is 0 Å². The molecule has 2 unspecified atom stereocenters. The highest BCUT2D eigenvalue weighted by molar-refractivity contribution is 5.84. The lowest BCUT2D eigenvalue weighted by molar-refractivity contribution is -0.126. The van der Waals surface area contributed by atoms with Crippen molar-refractivity contribution in [3.8, 4) is 0 Å². The molecule has 0 saturated heterocycles. The van der Waals surface area contributed by atoms with Crippen molar-refractivity contribution in [1.82, 2.24) is 14.9 Å². The molecule has 1 aromatic carbocycles. The SMILES string of the molecule is CC(C(=O)NC(C)(C)C(C)O)n1cnc2ccccc21. The van der Waals surface area contributed by atoms with Gasteiger partial charge in [-0.3, -0.25) is 4.79 Å². The highest BCUT2D eigenvalue weighted by Gasteiger charge is 2.28. The Hall–Kier alpha value is -1.88. The second-order valence-corrected chi connectivity index (χ2v) is 5.70. The van der Waals surface area contributed by atoms with Crippen molar-refractivity contribution in [3.63, 3.8) is 0 Å². The molecule has 2 atom stereocenters. The molecule has 2 aromatic rings. The Morgan fingerprint density at radius 3 is 2.65 bits per heavy atom. The minimum Gasteiger partial charge on any atom is -0.391 e. The first-order valence-corrected chi connectivity index (χ1v) is 6.74. The molecular formula is C15H21N3O2. The van der Waals surface area contributed by atoms with Gasteiger partial charge >= 0.3 is 0 Å². The van der Waals surface area contributed by atoms with Crippen molar-refractivity contribution in [3.05, 3.63) is 30.6 Å². The average molecular weight is 275 g/mol. The number of imidazole rings is 1. The van der Waals surface area contributed by atoms with Crippen LogP contribution in [0.15, 0.2) is 30.6 Å². The molecule has 1 heterocycles. The fraction of sp³-hybridized carbons (Fsp3) is 0.467. The molecule has 0 spiro atoms. The van der Waals surface area contributed by atoms with Gasteiger partial charge in [-0.2, -0.15) is 0 Å². The van der Waals surface area contributed by atoms with Crippen LogP contribution in [0, 0.1) is 0 Å². The monoisotopic (exact) mass is 275 g/mol. The summed E-state index contributed by atoms with van der Waals surface area (Å²) in [6, 6.07) is 7.30. The molecule has 2 rings (SSSR count). The van der Waals surface area contributed by atoms with Crippen LogP contribution < -0.4 is 5.32 Å². The van der Waals surface area contributed by atoms with E-state index in [0.717, 1.165) is 11.0 Å². The number of fused-ring (bicyclic) bond motifs is 1. The van der Waals surface area contributed by atoms with Crippen LogP contribution in [-0.4, -0.2) is 32.2 Å². The molecule has 2 N–H and O–H groups in total. The zero-order valence-electron chi connectivity index (χ0n) is 12.3. The van der Waals surface area contributed by atoms with E-state index in [4.69, 9.17) is 0 Å². The summed E-state index contributed by atoms with van der Waals surface area (Å²) in [5, 5.41) is 12.6. The van der Waals surface area contributed by atoms with Crippen molar-refractivity contribution in [2.75, 3.05) is 0 Å². The summed E-state index contributed by atoms with van der Waals surface area (Å²) in [4.78, 5) is 16.6. The van der Waals surface area contributed by atoms with Gasteiger partial charge in [-0.1, -0.05) is 12.1 Å². The number of carbonyl (C=O) groups excluding carboxylic acids is 1. The predicted molar refractivity (Wildman–Crippen MR) is 78.3 cm³/mol. The van der Waals surface area contributed by atoms with E-state index >= 15 is 0 Å². The molecule has 0 saturated carbocycles. The third-order valence-electron chi connectivity index (χ3n) is 3.77. The first-order chi connectivity index (χ1) is 9.33. The van der Waals surface area contributed by atoms with Crippen LogP contribution in [0.1, 0.15) is 33.7 Å². The maximum atomic E-state index is 12.3. The minimum absolute atomic E-state index is 0.140. The van der Waals surface area contributed by atoms with Gasteiger partial charge in [-0.25, -0.2) is 4.98 Å². The standard InChI is InChI=1S/C15H21N3O2/c1-10(14(20)17-15(3,4)11(2)19)18-9-16-12-7-5-6-8-13(12)18/h5-11,19H,1-4H3,(H,17,20).